The predicted molar refractivity (Wildman–Crippen MR) is 82.3 cm³/mol. The van der Waals surface area contributed by atoms with Gasteiger partial charge in [0.25, 0.3) is 0 Å². The van der Waals surface area contributed by atoms with E-state index < -0.39 is 5.60 Å². The number of nitrogens with one attached hydrogen (secondary N) is 1. The Labute approximate surface area is 124 Å². The normalized spacial score (nSPS) is 16.1. The highest BCUT2D eigenvalue weighted by molar-refractivity contribution is 9.10. The summed E-state index contributed by atoms with van der Waals surface area (Å²) in [5.41, 5.74) is 0.107. The SMILES string of the molecule is CCOCC(C)NCC(O)(CC)c1ccc(Br)cc1. The lowest BCUT2D eigenvalue weighted by Crippen LogP contribution is -2.42. The molecule has 2 N–H and O–H groups in total. The summed E-state index contributed by atoms with van der Waals surface area (Å²) in [6.07, 6.45) is 0.670. The minimum atomic E-state index is -0.832. The van der Waals surface area contributed by atoms with E-state index in [1.807, 2.05) is 38.1 Å². The molecule has 0 saturated carbocycles. The molecule has 0 aliphatic heterocycles. The highest BCUT2D eigenvalue weighted by Crippen LogP contribution is 2.25. The predicted octanol–water partition coefficient (Wildman–Crippen LogP) is 3.06. The first-order chi connectivity index (χ1) is 9.01. The van der Waals surface area contributed by atoms with Crippen LogP contribution in [-0.4, -0.2) is 30.9 Å². The van der Waals surface area contributed by atoms with Crippen molar-refractivity contribution in [2.45, 2.75) is 38.8 Å². The molecule has 0 fully saturated rings. The number of benzene rings is 1. The number of halogens is 1. The van der Waals surface area contributed by atoms with Gasteiger partial charge >= 0.3 is 0 Å². The zero-order chi connectivity index (χ0) is 14.3. The first kappa shape index (κ1) is 16.6. The van der Waals surface area contributed by atoms with Gasteiger partial charge in [-0.2, -0.15) is 0 Å². The molecule has 0 radical (unpaired) electrons. The molecule has 2 unspecified atom stereocenters. The van der Waals surface area contributed by atoms with E-state index in [2.05, 4.69) is 28.2 Å². The smallest absolute Gasteiger partial charge is 0.102 e. The van der Waals surface area contributed by atoms with Gasteiger partial charge in [0, 0.05) is 23.7 Å². The Hall–Kier alpha value is -0.420. The van der Waals surface area contributed by atoms with E-state index in [0.717, 1.165) is 16.6 Å². The number of hydrogen-bond acceptors (Lipinski definition) is 3. The Morgan fingerprint density at radius 3 is 2.47 bits per heavy atom. The minimum absolute atomic E-state index is 0.230. The van der Waals surface area contributed by atoms with Gasteiger partial charge in [0.15, 0.2) is 0 Å². The molecule has 1 aromatic carbocycles. The van der Waals surface area contributed by atoms with E-state index in [0.29, 0.717) is 19.6 Å². The first-order valence-electron chi connectivity index (χ1n) is 6.81. The molecule has 0 aromatic heterocycles. The van der Waals surface area contributed by atoms with Gasteiger partial charge < -0.3 is 15.2 Å². The summed E-state index contributed by atoms with van der Waals surface area (Å²) in [6, 6.07) is 8.07. The molecule has 2 atom stereocenters. The fraction of sp³-hybridized carbons (Fsp3) is 0.600. The van der Waals surface area contributed by atoms with E-state index in [4.69, 9.17) is 4.74 Å². The third kappa shape index (κ3) is 5.22. The van der Waals surface area contributed by atoms with Gasteiger partial charge in [0.2, 0.25) is 0 Å². The van der Waals surface area contributed by atoms with Crippen LogP contribution in [0.1, 0.15) is 32.8 Å². The lowest BCUT2D eigenvalue weighted by molar-refractivity contribution is 0.0257. The summed E-state index contributed by atoms with van der Waals surface area (Å²) in [5.74, 6) is 0. The maximum atomic E-state index is 10.7. The van der Waals surface area contributed by atoms with Crippen molar-refractivity contribution in [1.82, 2.24) is 5.32 Å². The Morgan fingerprint density at radius 1 is 1.32 bits per heavy atom. The quantitative estimate of drug-likeness (QED) is 0.770. The van der Waals surface area contributed by atoms with E-state index in [-0.39, 0.29) is 6.04 Å². The van der Waals surface area contributed by atoms with Crippen molar-refractivity contribution < 1.29 is 9.84 Å². The maximum Gasteiger partial charge on any atom is 0.102 e. The number of aliphatic hydroxyl groups is 1. The van der Waals surface area contributed by atoms with Crippen LogP contribution in [0, 0.1) is 0 Å². The third-order valence-corrected chi connectivity index (χ3v) is 3.81. The van der Waals surface area contributed by atoms with Crippen molar-refractivity contribution in [3.63, 3.8) is 0 Å². The number of hydrogen-bond donors (Lipinski definition) is 2. The molecule has 0 bridgehead atoms. The summed E-state index contributed by atoms with van der Waals surface area (Å²) < 4.78 is 6.39. The standard InChI is InChI=1S/C15H24BrNO2/c1-4-15(18,11-17-12(3)10-19-5-2)13-6-8-14(16)9-7-13/h6-9,12,17-18H,4-5,10-11H2,1-3H3. The van der Waals surface area contributed by atoms with Gasteiger partial charge in [-0.1, -0.05) is 35.0 Å². The molecule has 3 nitrogen and oxygen atoms in total. The fourth-order valence-corrected chi connectivity index (χ4v) is 2.15. The van der Waals surface area contributed by atoms with Gasteiger partial charge in [-0.05, 0) is 38.0 Å². The van der Waals surface area contributed by atoms with Gasteiger partial charge in [-0.15, -0.1) is 0 Å². The molecule has 0 aliphatic carbocycles. The summed E-state index contributed by atoms with van der Waals surface area (Å²) in [7, 11) is 0. The Morgan fingerprint density at radius 2 is 1.95 bits per heavy atom. The summed E-state index contributed by atoms with van der Waals surface area (Å²) in [6.45, 7) is 7.95. The van der Waals surface area contributed by atoms with Crippen molar-refractivity contribution in [2.24, 2.45) is 0 Å². The third-order valence-electron chi connectivity index (χ3n) is 3.28. The van der Waals surface area contributed by atoms with Crippen LogP contribution in [0.4, 0.5) is 0 Å². The van der Waals surface area contributed by atoms with Crippen LogP contribution in [0.15, 0.2) is 28.7 Å². The minimum Gasteiger partial charge on any atom is -0.384 e. The molecule has 0 aliphatic rings. The van der Waals surface area contributed by atoms with Gasteiger partial charge in [-0.25, -0.2) is 0 Å². The van der Waals surface area contributed by atoms with E-state index in [1.165, 1.54) is 0 Å². The van der Waals surface area contributed by atoms with E-state index >= 15 is 0 Å². The van der Waals surface area contributed by atoms with Crippen molar-refractivity contribution in [1.29, 1.82) is 0 Å². The van der Waals surface area contributed by atoms with Crippen LogP contribution in [0.25, 0.3) is 0 Å². The lowest BCUT2D eigenvalue weighted by Gasteiger charge is -2.29. The van der Waals surface area contributed by atoms with Gasteiger partial charge in [0.1, 0.15) is 5.60 Å². The number of rotatable bonds is 8. The zero-order valence-electron chi connectivity index (χ0n) is 11.9. The second kappa shape index (κ2) is 8.00. The van der Waals surface area contributed by atoms with Crippen LogP contribution in [0.5, 0.6) is 0 Å². The highest BCUT2D eigenvalue weighted by atomic mass is 79.9. The second-order valence-corrected chi connectivity index (χ2v) is 5.75. The monoisotopic (exact) mass is 329 g/mol. The maximum absolute atomic E-state index is 10.7. The number of ether oxygens (including phenoxy) is 1. The molecular formula is C15H24BrNO2. The van der Waals surface area contributed by atoms with Gasteiger partial charge in [-0.3, -0.25) is 0 Å². The van der Waals surface area contributed by atoms with Crippen LogP contribution >= 0.6 is 15.9 Å². The molecule has 19 heavy (non-hydrogen) atoms. The van der Waals surface area contributed by atoms with Crippen LogP contribution in [0.3, 0.4) is 0 Å². The molecule has 1 aromatic rings. The van der Waals surface area contributed by atoms with E-state index in [1.54, 1.807) is 0 Å². The fourth-order valence-electron chi connectivity index (χ4n) is 1.89. The largest absolute Gasteiger partial charge is 0.384 e. The Balaban J connectivity index is 2.62. The van der Waals surface area contributed by atoms with Crippen molar-refractivity contribution in [3.8, 4) is 0 Å². The Kier molecular flexibility index (Phi) is 7.00. The zero-order valence-corrected chi connectivity index (χ0v) is 13.5. The molecule has 108 valence electrons. The second-order valence-electron chi connectivity index (χ2n) is 4.83. The average Bonchev–Trinajstić information content (AvgIpc) is 2.43. The molecule has 0 saturated heterocycles. The van der Waals surface area contributed by atoms with Crippen molar-refractivity contribution >= 4 is 15.9 Å². The summed E-state index contributed by atoms with van der Waals surface area (Å²) in [4.78, 5) is 0. The van der Waals surface area contributed by atoms with Crippen molar-refractivity contribution in [2.75, 3.05) is 19.8 Å². The van der Waals surface area contributed by atoms with Crippen LogP contribution < -0.4 is 5.32 Å². The summed E-state index contributed by atoms with van der Waals surface area (Å²) in [5, 5.41) is 14.1. The topological polar surface area (TPSA) is 41.5 Å². The molecule has 1 rings (SSSR count). The van der Waals surface area contributed by atoms with Gasteiger partial charge in [0.05, 0.1) is 6.61 Å². The Bertz CT molecular complexity index is 369. The molecule has 4 heteroatoms. The van der Waals surface area contributed by atoms with Crippen LogP contribution in [0.2, 0.25) is 0 Å². The van der Waals surface area contributed by atoms with Crippen LogP contribution in [-0.2, 0) is 10.3 Å². The van der Waals surface area contributed by atoms with E-state index in [9.17, 15) is 5.11 Å². The lowest BCUT2D eigenvalue weighted by atomic mass is 9.91. The average molecular weight is 330 g/mol. The molecule has 0 heterocycles. The first-order valence-corrected chi connectivity index (χ1v) is 7.60. The summed E-state index contributed by atoms with van der Waals surface area (Å²) >= 11 is 3.41. The van der Waals surface area contributed by atoms with Crippen molar-refractivity contribution in [3.05, 3.63) is 34.3 Å². The molecular weight excluding hydrogens is 306 g/mol. The molecule has 0 amide bonds. The highest BCUT2D eigenvalue weighted by Gasteiger charge is 2.27. The molecule has 0 spiro atoms.